The van der Waals surface area contributed by atoms with Gasteiger partial charge in [0.1, 0.15) is 5.60 Å². The predicted octanol–water partition coefficient (Wildman–Crippen LogP) is 3.71. The SMILES string of the molecule is CCCCC(C)C(=O)C(O)(CC)CCCC. The third-order valence-corrected chi connectivity index (χ3v) is 3.43. The van der Waals surface area contributed by atoms with Crippen molar-refractivity contribution in [2.45, 2.75) is 78.2 Å². The molecule has 2 heteroatoms. The molecule has 16 heavy (non-hydrogen) atoms. The Bertz CT molecular complexity index is 201. The van der Waals surface area contributed by atoms with Crippen LogP contribution < -0.4 is 0 Å². The number of carbonyl (C=O) groups excluding carboxylic acids is 1. The fourth-order valence-corrected chi connectivity index (χ4v) is 2.04. The fraction of sp³-hybridized carbons (Fsp3) is 0.929. The maximum Gasteiger partial charge on any atom is 0.167 e. The van der Waals surface area contributed by atoms with Crippen LogP contribution in [0.15, 0.2) is 0 Å². The Morgan fingerprint density at radius 2 is 1.75 bits per heavy atom. The molecule has 0 bridgehead atoms. The molecule has 0 aliphatic heterocycles. The molecule has 1 N–H and O–H groups in total. The van der Waals surface area contributed by atoms with Crippen LogP contribution in [0.25, 0.3) is 0 Å². The van der Waals surface area contributed by atoms with Crippen molar-refractivity contribution in [1.82, 2.24) is 0 Å². The van der Waals surface area contributed by atoms with Crippen molar-refractivity contribution >= 4 is 5.78 Å². The molecule has 2 nitrogen and oxygen atoms in total. The molecule has 96 valence electrons. The second kappa shape index (κ2) is 7.83. The lowest BCUT2D eigenvalue weighted by atomic mass is 9.82. The van der Waals surface area contributed by atoms with E-state index < -0.39 is 5.60 Å². The molecule has 0 aromatic heterocycles. The van der Waals surface area contributed by atoms with Crippen LogP contribution in [0.5, 0.6) is 0 Å². The lowest BCUT2D eigenvalue weighted by molar-refractivity contribution is -0.142. The smallest absolute Gasteiger partial charge is 0.167 e. The van der Waals surface area contributed by atoms with E-state index in [-0.39, 0.29) is 11.7 Å². The third-order valence-electron chi connectivity index (χ3n) is 3.43. The van der Waals surface area contributed by atoms with Crippen LogP contribution in [0.4, 0.5) is 0 Å². The van der Waals surface area contributed by atoms with E-state index in [2.05, 4.69) is 13.8 Å². The van der Waals surface area contributed by atoms with Crippen LogP contribution in [-0.2, 0) is 4.79 Å². The molecule has 0 radical (unpaired) electrons. The summed E-state index contributed by atoms with van der Waals surface area (Å²) in [5, 5.41) is 10.3. The van der Waals surface area contributed by atoms with Gasteiger partial charge in [-0.2, -0.15) is 0 Å². The number of Topliss-reactive ketones (excluding diaryl/α,β-unsaturated/α-hetero) is 1. The summed E-state index contributed by atoms with van der Waals surface area (Å²) in [6, 6.07) is 0. The summed E-state index contributed by atoms with van der Waals surface area (Å²) in [4.78, 5) is 12.2. The van der Waals surface area contributed by atoms with Crippen molar-refractivity contribution < 1.29 is 9.90 Å². The van der Waals surface area contributed by atoms with Crippen molar-refractivity contribution in [3.63, 3.8) is 0 Å². The highest BCUT2D eigenvalue weighted by molar-refractivity contribution is 5.88. The van der Waals surface area contributed by atoms with E-state index in [0.717, 1.165) is 32.1 Å². The molecule has 2 unspecified atom stereocenters. The molecule has 2 atom stereocenters. The van der Waals surface area contributed by atoms with Gasteiger partial charge in [0.15, 0.2) is 5.78 Å². The van der Waals surface area contributed by atoms with E-state index in [1.807, 2.05) is 13.8 Å². The summed E-state index contributed by atoms with van der Waals surface area (Å²) in [5.41, 5.74) is -1.07. The van der Waals surface area contributed by atoms with Gasteiger partial charge < -0.3 is 5.11 Å². The van der Waals surface area contributed by atoms with Gasteiger partial charge in [-0.1, -0.05) is 53.4 Å². The second-order valence-electron chi connectivity index (χ2n) is 4.90. The maximum absolute atomic E-state index is 12.2. The van der Waals surface area contributed by atoms with Crippen LogP contribution in [-0.4, -0.2) is 16.5 Å². The Morgan fingerprint density at radius 3 is 2.19 bits per heavy atom. The van der Waals surface area contributed by atoms with Gasteiger partial charge in [0.05, 0.1) is 0 Å². The van der Waals surface area contributed by atoms with Gasteiger partial charge in [0.25, 0.3) is 0 Å². The predicted molar refractivity (Wildman–Crippen MR) is 68.5 cm³/mol. The average molecular weight is 228 g/mol. The highest BCUT2D eigenvalue weighted by Crippen LogP contribution is 2.25. The summed E-state index contributed by atoms with van der Waals surface area (Å²) in [7, 11) is 0. The lowest BCUT2D eigenvalue weighted by Crippen LogP contribution is -2.41. The molecular formula is C14H28O2. The molecule has 0 aliphatic rings. The van der Waals surface area contributed by atoms with E-state index in [4.69, 9.17) is 0 Å². The highest BCUT2D eigenvalue weighted by atomic mass is 16.3. The van der Waals surface area contributed by atoms with Gasteiger partial charge in [-0.05, 0) is 19.3 Å². The molecule has 0 aliphatic carbocycles. The zero-order valence-corrected chi connectivity index (χ0v) is 11.4. The van der Waals surface area contributed by atoms with Crippen LogP contribution in [0, 0.1) is 5.92 Å². The highest BCUT2D eigenvalue weighted by Gasteiger charge is 2.35. The minimum Gasteiger partial charge on any atom is -0.382 e. The first-order valence-electron chi connectivity index (χ1n) is 6.78. The molecule has 0 amide bonds. The molecule has 0 heterocycles. The Labute approximate surface area is 100 Å². The topological polar surface area (TPSA) is 37.3 Å². The summed E-state index contributed by atoms with van der Waals surface area (Å²) >= 11 is 0. The maximum atomic E-state index is 12.2. The molecule has 0 aromatic carbocycles. The fourth-order valence-electron chi connectivity index (χ4n) is 2.04. The van der Waals surface area contributed by atoms with E-state index in [0.29, 0.717) is 12.8 Å². The lowest BCUT2D eigenvalue weighted by Gasteiger charge is -2.28. The van der Waals surface area contributed by atoms with Gasteiger partial charge >= 0.3 is 0 Å². The average Bonchev–Trinajstić information content (AvgIpc) is 2.31. The third kappa shape index (κ3) is 4.65. The Morgan fingerprint density at radius 1 is 1.19 bits per heavy atom. The first-order chi connectivity index (χ1) is 7.51. The Hall–Kier alpha value is -0.370. The number of unbranched alkanes of at least 4 members (excludes halogenated alkanes) is 2. The number of carbonyl (C=O) groups is 1. The number of rotatable bonds is 9. The molecule has 0 fully saturated rings. The van der Waals surface area contributed by atoms with Crippen molar-refractivity contribution in [3.05, 3.63) is 0 Å². The molecule has 0 rings (SSSR count). The van der Waals surface area contributed by atoms with Crippen molar-refractivity contribution in [2.24, 2.45) is 5.92 Å². The van der Waals surface area contributed by atoms with Crippen LogP contribution in [0.3, 0.4) is 0 Å². The van der Waals surface area contributed by atoms with Gasteiger partial charge in [0.2, 0.25) is 0 Å². The standard InChI is InChI=1S/C14H28O2/c1-5-8-10-12(4)13(15)14(16,7-3)11-9-6-2/h12,16H,5-11H2,1-4H3. The number of aliphatic hydroxyl groups is 1. The number of hydrogen-bond acceptors (Lipinski definition) is 2. The van der Waals surface area contributed by atoms with Crippen molar-refractivity contribution in [3.8, 4) is 0 Å². The van der Waals surface area contributed by atoms with E-state index >= 15 is 0 Å². The quantitative estimate of drug-likeness (QED) is 0.653. The monoisotopic (exact) mass is 228 g/mol. The van der Waals surface area contributed by atoms with Crippen LogP contribution in [0.1, 0.15) is 72.6 Å². The Balaban J connectivity index is 4.37. The number of hydrogen-bond donors (Lipinski definition) is 1. The molecule has 0 aromatic rings. The molecule has 0 spiro atoms. The van der Waals surface area contributed by atoms with Crippen LogP contribution in [0.2, 0.25) is 0 Å². The van der Waals surface area contributed by atoms with Gasteiger partial charge in [-0.25, -0.2) is 0 Å². The normalized spacial score (nSPS) is 16.8. The zero-order chi connectivity index (χ0) is 12.6. The van der Waals surface area contributed by atoms with Gasteiger partial charge in [-0.15, -0.1) is 0 Å². The summed E-state index contributed by atoms with van der Waals surface area (Å²) in [5.74, 6) is 0.0543. The minimum atomic E-state index is -1.07. The minimum absolute atomic E-state index is 0.00163. The first kappa shape index (κ1) is 15.6. The summed E-state index contributed by atoms with van der Waals surface area (Å²) < 4.78 is 0. The summed E-state index contributed by atoms with van der Waals surface area (Å²) in [6.45, 7) is 8.06. The largest absolute Gasteiger partial charge is 0.382 e. The molecular weight excluding hydrogens is 200 g/mol. The van der Waals surface area contributed by atoms with Gasteiger partial charge in [0, 0.05) is 5.92 Å². The second-order valence-corrected chi connectivity index (χ2v) is 4.90. The Kier molecular flexibility index (Phi) is 7.65. The zero-order valence-electron chi connectivity index (χ0n) is 11.4. The number of ketones is 1. The van der Waals surface area contributed by atoms with Gasteiger partial charge in [-0.3, -0.25) is 4.79 Å². The summed E-state index contributed by atoms with van der Waals surface area (Å²) in [6.07, 6.45) is 6.20. The van der Waals surface area contributed by atoms with Crippen molar-refractivity contribution in [1.29, 1.82) is 0 Å². The van der Waals surface area contributed by atoms with E-state index in [9.17, 15) is 9.90 Å². The first-order valence-corrected chi connectivity index (χ1v) is 6.78. The van der Waals surface area contributed by atoms with E-state index in [1.165, 1.54) is 0 Å². The van der Waals surface area contributed by atoms with E-state index in [1.54, 1.807) is 0 Å². The molecule has 0 saturated heterocycles. The van der Waals surface area contributed by atoms with Crippen molar-refractivity contribution in [2.75, 3.05) is 0 Å². The molecule has 0 saturated carbocycles. The van der Waals surface area contributed by atoms with Crippen LogP contribution >= 0.6 is 0 Å².